The molecule has 5 heteroatoms. The van der Waals surface area contributed by atoms with Crippen LogP contribution in [0.25, 0.3) is 11.0 Å². The number of benzene rings is 1. The fourth-order valence-corrected chi connectivity index (χ4v) is 2.01. The van der Waals surface area contributed by atoms with E-state index in [4.69, 9.17) is 10.2 Å². The van der Waals surface area contributed by atoms with E-state index in [1.54, 1.807) is 45.2 Å². The number of rotatable bonds is 3. The molecule has 0 aliphatic carbocycles. The van der Waals surface area contributed by atoms with E-state index in [1.165, 1.54) is 4.90 Å². The van der Waals surface area contributed by atoms with Gasteiger partial charge in [-0.05, 0) is 38.1 Å². The first-order valence-corrected chi connectivity index (χ1v) is 6.03. The van der Waals surface area contributed by atoms with E-state index in [2.05, 4.69) is 0 Å². The van der Waals surface area contributed by atoms with Crippen LogP contribution in [0.5, 0.6) is 0 Å². The zero-order chi connectivity index (χ0) is 14.2. The summed E-state index contributed by atoms with van der Waals surface area (Å²) in [5.74, 6) is -0.0238. The third kappa shape index (κ3) is 3.06. The summed E-state index contributed by atoms with van der Waals surface area (Å²) in [5.41, 5.74) is 5.98. The SMILES string of the molecule is CN(CC(C)(C)O)C(=O)c1cc2cc(N)ccc2o1. The largest absolute Gasteiger partial charge is 0.451 e. The van der Waals surface area contributed by atoms with Gasteiger partial charge in [0.25, 0.3) is 5.91 Å². The minimum Gasteiger partial charge on any atom is -0.451 e. The van der Waals surface area contributed by atoms with E-state index in [1.807, 2.05) is 0 Å². The Morgan fingerprint density at radius 2 is 2.11 bits per heavy atom. The van der Waals surface area contributed by atoms with Crippen LogP contribution in [-0.4, -0.2) is 35.1 Å². The Kier molecular flexibility index (Phi) is 3.24. The number of aliphatic hydroxyl groups is 1. The van der Waals surface area contributed by atoms with Crippen molar-refractivity contribution in [2.45, 2.75) is 19.4 Å². The van der Waals surface area contributed by atoms with Crippen molar-refractivity contribution in [2.75, 3.05) is 19.3 Å². The Bertz CT molecular complexity index is 611. The van der Waals surface area contributed by atoms with E-state index in [0.717, 1.165) is 5.39 Å². The van der Waals surface area contributed by atoms with Crippen LogP contribution in [0.3, 0.4) is 0 Å². The molecule has 0 radical (unpaired) electrons. The predicted octanol–water partition coefficient (Wildman–Crippen LogP) is 1.86. The molecule has 0 saturated carbocycles. The second-order valence-corrected chi connectivity index (χ2v) is 5.38. The zero-order valence-corrected chi connectivity index (χ0v) is 11.3. The van der Waals surface area contributed by atoms with Gasteiger partial charge in [0, 0.05) is 24.7 Å². The minimum atomic E-state index is -0.944. The zero-order valence-electron chi connectivity index (χ0n) is 11.3. The van der Waals surface area contributed by atoms with Crippen molar-refractivity contribution in [3.8, 4) is 0 Å². The molecule has 1 heterocycles. The van der Waals surface area contributed by atoms with Gasteiger partial charge in [-0.1, -0.05) is 0 Å². The number of nitrogens with two attached hydrogens (primary N) is 1. The van der Waals surface area contributed by atoms with Crippen molar-refractivity contribution in [3.05, 3.63) is 30.0 Å². The number of nitrogen functional groups attached to an aromatic ring is 1. The molecule has 0 aliphatic heterocycles. The molecular formula is C14H18N2O3. The smallest absolute Gasteiger partial charge is 0.289 e. The standard InChI is InChI=1S/C14H18N2O3/c1-14(2,18)8-16(3)13(17)12-7-9-6-10(15)4-5-11(9)19-12/h4-7,18H,8,15H2,1-3H3. The number of carbonyl (C=O) groups excluding carboxylic acids is 1. The topological polar surface area (TPSA) is 79.7 Å². The van der Waals surface area contributed by atoms with Crippen LogP contribution in [0.1, 0.15) is 24.4 Å². The molecular weight excluding hydrogens is 244 g/mol. The van der Waals surface area contributed by atoms with E-state index >= 15 is 0 Å². The molecule has 1 aromatic carbocycles. The molecule has 5 nitrogen and oxygen atoms in total. The Balaban J connectivity index is 2.26. The molecule has 0 atom stereocenters. The van der Waals surface area contributed by atoms with E-state index in [0.29, 0.717) is 11.3 Å². The first-order valence-electron chi connectivity index (χ1n) is 6.03. The molecule has 0 fully saturated rings. The average Bonchev–Trinajstić information content (AvgIpc) is 2.68. The van der Waals surface area contributed by atoms with Crippen LogP contribution < -0.4 is 5.73 Å². The highest BCUT2D eigenvalue weighted by molar-refractivity contribution is 5.96. The van der Waals surface area contributed by atoms with E-state index in [-0.39, 0.29) is 18.2 Å². The quantitative estimate of drug-likeness (QED) is 0.827. The predicted molar refractivity (Wildman–Crippen MR) is 73.9 cm³/mol. The molecule has 2 aromatic rings. The van der Waals surface area contributed by atoms with Gasteiger partial charge in [0.1, 0.15) is 5.58 Å². The number of furan rings is 1. The fraction of sp³-hybridized carbons (Fsp3) is 0.357. The van der Waals surface area contributed by atoms with Gasteiger partial charge < -0.3 is 20.2 Å². The second kappa shape index (κ2) is 4.59. The third-order valence-corrected chi connectivity index (χ3v) is 2.72. The third-order valence-electron chi connectivity index (χ3n) is 2.72. The lowest BCUT2D eigenvalue weighted by Crippen LogP contribution is -2.39. The van der Waals surface area contributed by atoms with Crippen molar-refractivity contribution in [1.82, 2.24) is 4.90 Å². The molecule has 19 heavy (non-hydrogen) atoms. The molecule has 1 amide bonds. The van der Waals surface area contributed by atoms with Gasteiger partial charge in [0.05, 0.1) is 5.60 Å². The lowest BCUT2D eigenvalue weighted by Gasteiger charge is -2.24. The van der Waals surface area contributed by atoms with Gasteiger partial charge in [-0.25, -0.2) is 0 Å². The number of anilines is 1. The summed E-state index contributed by atoms with van der Waals surface area (Å²) < 4.78 is 5.49. The minimum absolute atomic E-state index is 0.227. The number of nitrogens with zero attached hydrogens (tertiary/aromatic N) is 1. The van der Waals surface area contributed by atoms with Crippen molar-refractivity contribution >= 4 is 22.6 Å². The summed E-state index contributed by atoms with van der Waals surface area (Å²) in [6.07, 6.45) is 0. The number of carbonyl (C=O) groups is 1. The number of hydrogen-bond donors (Lipinski definition) is 2. The Morgan fingerprint density at radius 3 is 2.74 bits per heavy atom. The van der Waals surface area contributed by atoms with E-state index in [9.17, 15) is 9.90 Å². The molecule has 3 N–H and O–H groups in total. The highest BCUT2D eigenvalue weighted by Gasteiger charge is 2.22. The van der Waals surface area contributed by atoms with Gasteiger partial charge in [-0.2, -0.15) is 0 Å². The molecule has 0 aliphatic rings. The van der Waals surface area contributed by atoms with Crippen molar-refractivity contribution < 1.29 is 14.3 Å². The van der Waals surface area contributed by atoms with Gasteiger partial charge in [0.15, 0.2) is 5.76 Å². The lowest BCUT2D eigenvalue weighted by atomic mass is 10.1. The Labute approximate surface area is 111 Å². The molecule has 0 saturated heterocycles. The Morgan fingerprint density at radius 1 is 1.42 bits per heavy atom. The molecule has 102 valence electrons. The lowest BCUT2D eigenvalue weighted by molar-refractivity contribution is 0.0353. The van der Waals surface area contributed by atoms with Gasteiger partial charge >= 0.3 is 0 Å². The van der Waals surface area contributed by atoms with Crippen LogP contribution in [-0.2, 0) is 0 Å². The first kappa shape index (κ1) is 13.4. The molecule has 0 bridgehead atoms. The van der Waals surface area contributed by atoms with Crippen LogP contribution in [0.4, 0.5) is 5.69 Å². The Hall–Kier alpha value is -2.01. The number of fused-ring (bicyclic) bond motifs is 1. The number of likely N-dealkylation sites (N-methyl/N-ethyl adjacent to an activating group) is 1. The molecule has 1 aromatic heterocycles. The highest BCUT2D eigenvalue weighted by atomic mass is 16.3. The summed E-state index contributed by atoms with van der Waals surface area (Å²) in [4.78, 5) is 13.6. The van der Waals surface area contributed by atoms with Gasteiger partial charge in [-0.15, -0.1) is 0 Å². The fourth-order valence-electron chi connectivity index (χ4n) is 2.01. The monoisotopic (exact) mass is 262 g/mol. The van der Waals surface area contributed by atoms with Crippen LogP contribution in [0.15, 0.2) is 28.7 Å². The van der Waals surface area contributed by atoms with Crippen LogP contribution in [0, 0.1) is 0 Å². The van der Waals surface area contributed by atoms with Gasteiger partial charge in [-0.3, -0.25) is 4.79 Å². The van der Waals surface area contributed by atoms with Crippen molar-refractivity contribution in [1.29, 1.82) is 0 Å². The van der Waals surface area contributed by atoms with Crippen LogP contribution in [0.2, 0.25) is 0 Å². The van der Waals surface area contributed by atoms with Crippen molar-refractivity contribution in [3.63, 3.8) is 0 Å². The maximum Gasteiger partial charge on any atom is 0.289 e. The highest BCUT2D eigenvalue weighted by Crippen LogP contribution is 2.22. The number of amides is 1. The summed E-state index contributed by atoms with van der Waals surface area (Å²) >= 11 is 0. The first-order chi connectivity index (χ1) is 8.76. The summed E-state index contributed by atoms with van der Waals surface area (Å²) in [5, 5.41) is 10.5. The molecule has 0 unspecified atom stereocenters. The van der Waals surface area contributed by atoms with E-state index < -0.39 is 5.60 Å². The normalized spacial score (nSPS) is 11.8. The summed E-state index contributed by atoms with van der Waals surface area (Å²) in [6, 6.07) is 6.87. The summed E-state index contributed by atoms with van der Waals surface area (Å²) in [7, 11) is 1.63. The van der Waals surface area contributed by atoms with Crippen molar-refractivity contribution in [2.24, 2.45) is 0 Å². The number of hydrogen-bond acceptors (Lipinski definition) is 4. The maximum atomic E-state index is 12.2. The summed E-state index contributed by atoms with van der Waals surface area (Å²) in [6.45, 7) is 3.53. The molecule has 2 rings (SSSR count). The van der Waals surface area contributed by atoms with Crippen LogP contribution >= 0.6 is 0 Å². The van der Waals surface area contributed by atoms with Gasteiger partial charge in [0.2, 0.25) is 0 Å². The molecule has 0 spiro atoms. The average molecular weight is 262 g/mol. The maximum absolute atomic E-state index is 12.2. The second-order valence-electron chi connectivity index (χ2n) is 5.38.